The molecule has 0 bridgehead atoms. The van der Waals surface area contributed by atoms with Crippen LogP contribution >= 0.6 is 11.8 Å². The third-order valence-corrected chi connectivity index (χ3v) is 5.42. The smallest absolute Gasteiger partial charge is 0.306 e. The summed E-state index contributed by atoms with van der Waals surface area (Å²) < 4.78 is 10.8. The maximum absolute atomic E-state index is 12.0. The first-order chi connectivity index (χ1) is 13.1. The fourth-order valence-electron chi connectivity index (χ4n) is 2.65. The van der Waals surface area contributed by atoms with E-state index in [-0.39, 0.29) is 5.97 Å². The van der Waals surface area contributed by atoms with E-state index in [1.54, 1.807) is 31.8 Å². The normalized spacial score (nSPS) is 11.9. The van der Waals surface area contributed by atoms with Crippen molar-refractivity contribution in [3.05, 3.63) is 17.7 Å². The molecule has 0 aromatic heterocycles. The molecule has 0 aliphatic rings. The van der Waals surface area contributed by atoms with Crippen LogP contribution in [0.5, 0.6) is 5.75 Å². The zero-order chi connectivity index (χ0) is 20.1. The topological polar surface area (TPSA) is 78.4 Å². The Morgan fingerprint density at radius 3 is 2.67 bits per heavy atom. The summed E-state index contributed by atoms with van der Waals surface area (Å²) in [7, 11) is 3.11. The van der Waals surface area contributed by atoms with Gasteiger partial charge in [0.25, 0.3) is 0 Å². The molecule has 152 valence electrons. The van der Waals surface area contributed by atoms with E-state index in [0.29, 0.717) is 36.0 Å². The Morgan fingerprint density at radius 1 is 1.30 bits per heavy atom. The van der Waals surface area contributed by atoms with Crippen molar-refractivity contribution >= 4 is 29.7 Å². The summed E-state index contributed by atoms with van der Waals surface area (Å²) in [5.74, 6) is 1.41. The number of thioether (sulfide) groups is 1. The van der Waals surface area contributed by atoms with Crippen LogP contribution in [0.15, 0.2) is 17.0 Å². The Hall–Kier alpha value is -1.57. The molecule has 0 amide bonds. The fraction of sp³-hybridized carbons (Fsp3) is 0.600. The lowest BCUT2D eigenvalue weighted by Crippen LogP contribution is -2.76. The minimum Gasteiger partial charge on any atom is -0.495 e. The van der Waals surface area contributed by atoms with Crippen molar-refractivity contribution in [3.8, 4) is 5.75 Å². The molecule has 0 aliphatic carbocycles. The van der Waals surface area contributed by atoms with Crippen molar-refractivity contribution in [3.63, 3.8) is 0 Å². The molecule has 0 fully saturated rings. The van der Waals surface area contributed by atoms with E-state index in [2.05, 4.69) is 13.8 Å². The van der Waals surface area contributed by atoms with E-state index in [0.717, 1.165) is 36.1 Å². The summed E-state index contributed by atoms with van der Waals surface area (Å²) >= 11 is 1.49. The first-order valence-corrected chi connectivity index (χ1v) is 10.4. The number of hydrogen-bond acceptors (Lipinski definition) is 6. The monoisotopic (exact) mass is 398 g/mol. The average molecular weight is 399 g/mol. The highest BCUT2D eigenvalue weighted by Crippen LogP contribution is 2.35. The molecule has 0 saturated heterocycles. The van der Waals surface area contributed by atoms with Gasteiger partial charge in [-0.3, -0.25) is 9.59 Å². The zero-order valence-corrected chi connectivity index (χ0v) is 17.6. The maximum atomic E-state index is 12.0. The highest BCUT2D eigenvalue weighted by Gasteiger charge is 2.17. The molecule has 0 spiro atoms. The number of esters is 1. The number of unbranched alkanes of at least 4 members (excludes halogenated alkanes) is 1. The lowest BCUT2D eigenvalue weighted by Gasteiger charge is -2.15. The van der Waals surface area contributed by atoms with Crippen molar-refractivity contribution in [1.82, 2.24) is 0 Å². The minimum atomic E-state index is -0.182. The molecule has 1 rings (SSSR count). The van der Waals surface area contributed by atoms with Crippen molar-refractivity contribution in [1.29, 1.82) is 0 Å². The van der Waals surface area contributed by atoms with Gasteiger partial charge in [-0.15, -0.1) is 11.8 Å². The summed E-state index contributed by atoms with van der Waals surface area (Å²) in [6.45, 7) is 4.80. The van der Waals surface area contributed by atoms with Crippen LogP contribution in [0.3, 0.4) is 0 Å². The molecule has 27 heavy (non-hydrogen) atoms. The lowest BCUT2D eigenvalue weighted by molar-refractivity contribution is -0.831. The van der Waals surface area contributed by atoms with Crippen LogP contribution in [-0.2, 0) is 14.4 Å². The number of hydrogen-bond donors (Lipinski definition) is 1. The molecule has 1 unspecified atom stereocenters. The molecule has 7 heteroatoms. The van der Waals surface area contributed by atoms with Crippen LogP contribution in [0.2, 0.25) is 0 Å². The van der Waals surface area contributed by atoms with Crippen LogP contribution < -0.4 is 10.2 Å². The quantitative estimate of drug-likeness (QED) is 0.170. The second kappa shape index (κ2) is 13.6. The summed E-state index contributed by atoms with van der Waals surface area (Å²) in [6.07, 6.45) is 5.54. The predicted molar refractivity (Wildman–Crippen MR) is 107 cm³/mol. The molecule has 0 saturated carbocycles. The van der Waals surface area contributed by atoms with Gasteiger partial charge in [-0.2, -0.15) is 5.48 Å². The van der Waals surface area contributed by atoms with Gasteiger partial charge in [0, 0.05) is 17.4 Å². The molecule has 0 radical (unpaired) electrons. The van der Waals surface area contributed by atoms with Gasteiger partial charge in [0.05, 0.1) is 27.2 Å². The van der Waals surface area contributed by atoms with E-state index >= 15 is 0 Å². The molecule has 2 N–H and O–H groups in total. The van der Waals surface area contributed by atoms with E-state index in [4.69, 9.17) is 14.3 Å². The largest absolute Gasteiger partial charge is 0.495 e. The third kappa shape index (κ3) is 8.32. The second-order valence-electron chi connectivity index (χ2n) is 6.31. The van der Waals surface area contributed by atoms with E-state index in [9.17, 15) is 9.59 Å². The van der Waals surface area contributed by atoms with Gasteiger partial charge >= 0.3 is 5.97 Å². The average Bonchev–Trinajstić information content (AvgIpc) is 2.68. The van der Waals surface area contributed by atoms with Crippen LogP contribution in [0.1, 0.15) is 56.3 Å². The van der Waals surface area contributed by atoms with E-state index in [1.807, 2.05) is 0 Å². The van der Waals surface area contributed by atoms with Crippen molar-refractivity contribution in [2.45, 2.75) is 50.8 Å². The Kier molecular flexibility index (Phi) is 11.8. The van der Waals surface area contributed by atoms with E-state index < -0.39 is 0 Å². The Bertz CT molecular complexity index is 594. The standard InChI is InChI=1S/C20H31NO5S/c1-5-7-8-15(6-2)14-26-19(23)9-10-27-20-17(21-25-4)11-16(13-22)12-18(20)24-3/h11-13,15,21H,5-10,14H2,1-4H3/p+1. The third-order valence-electron chi connectivity index (χ3n) is 4.28. The van der Waals surface area contributed by atoms with Gasteiger partial charge in [0.1, 0.15) is 16.9 Å². The molecule has 6 nitrogen and oxygen atoms in total. The van der Waals surface area contributed by atoms with Gasteiger partial charge in [-0.25, -0.2) is 4.84 Å². The number of carbonyl (C=O) groups excluding carboxylic acids is 2. The van der Waals surface area contributed by atoms with Crippen LogP contribution in [0.25, 0.3) is 0 Å². The zero-order valence-electron chi connectivity index (χ0n) is 16.8. The molecule has 0 aliphatic heterocycles. The van der Waals surface area contributed by atoms with Gasteiger partial charge < -0.3 is 9.47 Å². The molecule has 1 atom stereocenters. The second-order valence-corrected chi connectivity index (χ2v) is 7.42. The summed E-state index contributed by atoms with van der Waals surface area (Å²) in [6, 6.07) is 3.42. The van der Waals surface area contributed by atoms with Crippen molar-refractivity contribution in [2.24, 2.45) is 5.92 Å². The number of benzene rings is 1. The Balaban J connectivity index is 2.59. The maximum Gasteiger partial charge on any atom is 0.306 e. The molecular formula is C20H32NO5S+. The SMILES string of the molecule is CCCCC(CC)COC(=O)CCSc1c([NH2+]OC)cc(C=O)cc1OC. The van der Waals surface area contributed by atoms with Crippen LogP contribution in [0, 0.1) is 5.92 Å². The number of quaternary nitrogens is 1. The number of ether oxygens (including phenoxy) is 2. The van der Waals surface area contributed by atoms with Gasteiger partial charge in [-0.1, -0.05) is 33.1 Å². The van der Waals surface area contributed by atoms with Crippen molar-refractivity contribution < 1.29 is 29.4 Å². The molecular weight excluding hydrogens is 366 g/mol. The fourth-order valence-corrected chi connectivity index (χ4v) is 3.68. The first kappa shape index (κ1) is 23.5. The number of rotatable bonds is 14. The van der Waals surface area contributed by atoms with Crippen LogP contribution in [0.4, 0.5) is 5.69 Å². The number of methoxy groups -OCH3 is 1. The molecule has 0 heterocycles. The van der Waals surface area contributed by atoms with Gasteiger partial charge in [0.15, 0.2) is 5.69 Å². The van der Waals surface area contributed by atoms with Gasteiger partial charge in [-0.05, 0) is 18.4 Å². The number of aldehydes is 1. The summed E-state index contributed by atoms with van der Waals surface area (Å²) in [5, 5.41) is 0. The lowest BCUT2D eigenvalue weighted by atomic mass is 10.0. The molecule has 1 aromatic carbocycles. The molecule has 1 aromatic rings. The van der Waals surface area contributed by atoms with E-state index in [1.165, 1.54) is 18.2 Å². The minimum absolute atomic E-state index is 0.182. The predicted octanol–water partition coefficient (Wildman–Crippen LogP) is 3.51. The van der Waals surface area contributed by atoms with Crippen molar-refractivity contribution in [2.75, 3.05) is 26.6 Å². The highest BCUT2D eigenvalue weighted by molar-refractivity contribution is 7.99. The number of carbonyl (C=O) groups is 2. The number of nitrogens with two attached hydrogens (primary N) is 1. The summed E-state index contributed by atoms with van der Waals surface area (Å²) in [4.78, 5) is 29.1. The summed E-state index contributed by atoms with van der Waals surface area (Å²) in [5.41, 5.74) is 2.83. The Labute approximate surface area is 166 Å². The highest BCUT2D eigenvalue weighted by atomic mass is 32.2. The van der Waals surface area contributed by atoms with Crippen LogP contribution in [-0.4, -0.2) is 38.8 Å². The first-order valence-electron chi connectivity index (χ1n) is 9.41. The van der Waals surface area contributed by atoms with Gasteiger partial charge in [0.2, 0.25) is 0 Å². The Morgan fingerprint density at radius 2 is 2.07 bits per heavy atom.